The largest absolute Gasteiger partial charge is 0.389 e. The number of nitrogens with two attached hydrogens (primary N) is 1. The van der Waals surface area contributed by atoms with Crippen LogP contribution in [-0.2, 0) is 4.79 Å². The molecule has 0 saturated carbocycles. The molecule has 1 fully saturated rings. The maximum absolute atomic E-state index is 12.0. The van der Waals surface area contributed by atoms with E-state index in [1.54, 1.807) is 0 Å². The number of hydrogen-bond acceptors (Lipinski definition) is 3. The topological polar surface area (TPSA) is 49.6 Å². The Morgan fingerprint density at radius 2 is 1.89 bits per heavy atom. The van der Waals surface area contributed by atoms with Crippen molar-refractivity contribution in [3.8, 4) is 0 Å². The molecule has 0 atom stereocenters. The predicted molar refractivity (Wildman–Crippen MR) is 62.0 cm³/mol. The summed E-state index contributed by atoms with van der Waals surface area (Å²) in [5.74, 6) is -0.401. The molecule has 0 radical (unpaired) electrons. The minimum absolute atomic E-state index is 0.401. The van der Waals surface area contributed by atoms with Crippen molar-refractivity contribution in [1.82, 2.24) is 9.80 Å². The van der Waals surface area contributed by atoms with Gasteiger partial charge in [0.05, 0.1) is 6.42 Å². The van der Waals surface area contributed by atoms with Crippen molar-refractivity contribution < 1.29 is 18.0 Å². The maximum Gasteiger partial charge on any atom is 0.389 e. The molecule has 18 heavy (non-hydrogen) atoms. The zero-order valence-electron chi connectivity index (χ0n) is 10.4. The fraction of sp³-hybridized carbons (Fsp3) is 0.909. The highest BCUT2D eigenvalue weighted by molar-refractivity contribution is 5.76. The fourth-order valence-electron chi connectivity index (χ4n) is 2.03. The van der Waals surface area contributed by atoms with Gasteiger partial charge in [-0.1, -0.05) is 0 Å². The van der Waals surface area contributed by atoms with Crippen LogP contribution in [0.1, 0.15) is 19.3 Å². The standard InChI is InChI=1S/C11H20F3N3O/c12-11(13,14)3-2-10(18)17-6-1-5-16(7-4-15)8-9-17/h1-9,15H2. The lowest BCUT2D eigenvalue weighted by molar-refractivity contribution is -0.149. The number of halogens is 3. The maximum atomic E-state index is 12.0. The van der Waals surface area contributed by atoms with E-state index < -0.39 is 24.9 Å². The molecule has 4 nitrogen and oxygen atoms in total. The zero-order valence-corrected chi connectivity index (χ0v) is 10.4. The van der Waals surface area contributed by atoms with Gasteiger partial charge in [-0.3, -0.25) is 4.79 Å². The molecule has 2 N–H and O–H groups in total. The first-order chi connectivity index (χ1) is 8.42. The van der Waals surface area contributed by atoms with Crippen LogP contribution in [0.4, 0.5) is 13.2 Å². The van der Waals surface area contributed by atoms with E-state index in [-0.39, 0.29) is 0 Å². The number of carbonyl (C=O) groups is 1. The second kappa shape index (κ2) is 6.94. The van der Waals surface area contributed by atoms with Crippen molar-refractivity contribution in [2.45, 2.75) is 25.4 Å². The normalized spacial score (nSPS) is 18.8. The number of amides is 1. The summed E-state index contributed by atoms with van der Waals surface area (Å²) in [7, 11) is 0. The van der Waals surface area contributed by atoms with Gasteiger partial charge in [-0.05, 0) is 13.0 Å². The molecule has 0 unspecified atom stereocenters. The Hall–Kier alpha value is -0.820. The van der Waals surface area contributed by atoms with Gasteiger partial charge in [0, 0.05) is 39.1 Å². The molecular weight excluding hydrogens is 247 g/mol. The third kappa shape index (κ3) is 5.68. The van der Waals surface area contributed by atoms with Crippen LogP contribution >= 0.6 is 0 Å². The Labute approximate surface area is 105 Å². The van der Waals surface area contributed by atoms with E-state index in [1.807, 2.05) is 0 Å². The average Bonchev–Trinajstić information content (AvgIpc) is 2.51. The van der Waals surface area contributed by atoms with Gasteiger partial charge in [-0.15, -0.1) is 0 Å². The molecule has 0 aliphatic carbocycles. The van der Waals surface area contributed by atoms with Gasteiger partial charge in [0.25, 0.3) is 0 Å². The fourth-order valence-corrected chi connectivity index (χ4v) is 2.03. The van der Waals surface area contributed by atoms with Crippen LogP contribution in [-0.4, -0.2) is 61.2 Å². The summed E-state index contributed by atoms with van der Waals surface area (Å²) in [6.07, 6.45) is -4.94. The van der Waals surface area contributed by atoms with Crippen LogP contribution in [0.5, 0.6) is 0 Å². The van der Waals surface area contributed by atoms with Crippen LogP contribution < -0.4 is 5.73 Å². The molecule has 0 spiro atoms. The first kappa shape index (κ1) is 15.2. The van der Waals surface area contributed by atoms with Gasteiger partial charge in [0.2, 0.25) is 5.91 Å². The molecule has 0 aromatic carbocycles. The predicted octanol–water partition coefficient (Wildman–Crippen LogP) is 0.822. The second-order valence-electron chi connectivity index (χ2n) is 4.48. The molecule has 1 rings (SSSR count). The average molecular weight is 267 g/mol. The number of carbonyl (C=O) groups excluding carboxylic acids is 1. The third-order valence-electron chi connectivity index (χ3n) is 3.01. The first-order valence-electron chi connectivity index (χ1n) is 6.19. The van der Waals surface area contributed by atoms with E-state index in [0.717, 1.165) is 19.5 Å². The number of alkyl halides is 3. The monoisotopic (exact) mass is 267 g/mol. The Bertz CT molecular complexity index is 271. The van der Waals surface area contributed by atoms with Crippen molar-refractivity contribution in [2.24, 2.45) is 5.73 Å². The van der Waals surface area contributed by atoms with E-state index in [1.165, 1.54) is 4.90 Å². The summed E-state index contributed by atoms with van der Waals surface area (Å²) < 4.78 is 36.1. The SMILES string of the molecule is NCCN1CCCN(C(=O)CCC(F)(F)F)CC1. The molecule has 0 bridgehead atoms. The number of hydrogen-bond donors (Lipinski definition) is 1. The summed E-state index contributed by atoms with van der Waals surface area (Å²) in [5.41, 5.74) is 5.45. The van der Waals surface area contributed by atoms with Crippen molar-refractivity contribution in [3.05, 3.63) is 0 Å². The van der Waals surface area contributed by atoms with Crippen molar-refractivity contribution in [2.75, 3.05) is 39.3 Å². The van der Waals surface area contributed by atoms with Crippen molar-refractivity contribution in [3.63, 3.8) is 0 Å². The molecule has 7 heteroatoms. The second-order valence-corrected chi connectivity index (χ2v) is 4.48. The van der Waals surface area contributed by atoms with E-state index in [9.17, 15) is 18.0 Å². The van der Waals surface area contributed by atoms with E-state index >= 15 is 0 Å². The minimum Gasteiger partial charge on any atom is -0.341 e. The van der Waals surface area contributed by atoms with Crippen LogP contribution in [0.15, 0.2) is 0 Å². The summed E-state index contributed by atoms with van der Waals surface area (Å²) in [4.78, 5) is 15.3. The molecular formula is C11H20F3N3O. The summed E-state index contributed by atoms with van der Waals surface area (Å²) in [5, 5.41) is 0. The van der Waals surface area contributed by atoms with Crippen molar-refractivity contribution >= 4 is 5.91 Å². The molecule has 1 aliphatic heterocycles. The van der Waals surface area contributed by atoms with Crippen LogP contribution in [0.2, 0.25) is 0 Å². The van der Waals surface area contributed by atoms with E-state index in [0.29, 0.717) is 26.2 Å². The highest BCUT2D eigenvalue weighted by Crippen LogP contribution is 2.22. The quantitative estimate of drug-likeness (QED) is 0.820. The summed E-state index contributed by atoms with van der Waals surface area (Å²) in [6, 6.07) is 0. The Balaban J connectivity index is 2.35. The highest BCUT2D eigenvalue weighted by atomic mass is 19.4. The van der Waals surface area contributed by atoms with E-state index in [4.69, 9.17) is 5.73 Å². The third-order valence-corrected chi connectivity index (χ3v) is 3.01. The van der Waals surface area contributed by atoms with Gasteiger partial charge in [-0.25, -0.2) is 0 Å². The lowest BCUT2D eigenvalue weighted by Gasteiger charge is -2.21. The van der Waals surface area contributed by atoms with Crippen molar-refractivity contribution in [1.29, 1.82) is 0 Å². The first-order valence-corrected chi connectivity index (χ1v) is 6.19. The minimum atomic E-state index is -4.26. The van der Waals surface area contributed by atoms with Crippen LogP contribution in [0, 0.1) is 0 Å². The zero-order chi connectivity index (χ0) is 13.6. The van der Waals surface area contributed by atoms with Gasteiger partial charge in [0.15, 0.2) is 0 Å². The van der Waals surface area contributed by atoms with Gasteiger partial charge < -0.3 is 15.5 Å². The van der Waals surface area contributed by atoms with Gasteiger partial charge in [-0.2, -0.15) is 13.2 Å². The smallest absolute Gasteiger partial charge is 0.341 e. The lowest BCUT2D eigenvalue weighted by Crippen LogP contribution is -2.36. The van der Waals surface area contributed by atoms with Gasteiger partial charge >= 0.3 is 6.18 Å². The number of rotatable bonds is 4. The van der Waals surface area contributed by atoms with E-state index in [2.05, 4.69) is 4.90 Å². The molecule has 106 valence electrons. The molecule has 0 aromatic rings. The highest BCUT2D eigenvalue weighted by Gasteiger charge is 2.29. The Kier molecular flexibility index (Phi) is 5.87. The molecule has 1 aliphatic rings. The number of nitrogens with zero attached hydrogens (tertiary/aromatic N) is 2. The molecule has 1 amide bonds. The Morgan fingerprint density at radius 3 is 2.50 bits per heavy atom. The lowest BCUT2D eigenvalue weighted by atomic mass is 10.2. The van der Waals surface area contributed by atoms with Crippen LogP contribution in [0.25, 0.3) is 0 Å². The molecule has 0 aromatic heterocycles. The van der Waals surface area contributed by atoms with Gasteiger partial charge in [0.1, 0.15) is 0 Å². The van der Waals surface area contributed by atoms with Crippen LogP contribution in [0.3, 0.4) is 0 Å². The Morgan fingerprint density at radius 1 is 1.17 bits per heavy atom. The molecule has 1 heterocycles. The summed E-state index contributed by atoms with van der Waals surface area (Å²) >= 11 is 0. The summed E-state index contributed by atoms with van der Waals surface area (Å²) in [6.45, 7) is 3.90. The molecule has 1 saturated heterocycles.